The average Bonchev–Trinajstić information content (AvgIpc) is 1.50. The van der Waals surface area contributed by atoms with Crippen molar-refractivity contribution in [2.45, 2.75) is 372 Å². The molecule has 0 amide bonds. The first-order valence-corrected chi connectivity index (χ1v) is 53.9. The molecule has 3 heteroatoms. The molecule has 0 atom stereocenters. The maximum absolute atomic E-state index is 7.41. The van der Waals surface area contributed by atoms with Gasteiger partial charge in [-0.25, -0.2) is 0 Å². The van der Waals surface area contributed by atoms with Gasteiger partial charge in [-0.3, -0.25) is 0 Å². The Labute approximate surface area is 798 Å². The van der Waals surface area contributed by atoms with Crippen molar-refractivity contribution in [2.24, 2.45) is 0 Å². The lowest BCUT2D eigenvalue weighted by atomic mass is 9.68. The predicted octanol–water partition coefficient (Wildman–Crippen LogP) is 40.1. The van der Waals surface area contributed by atoms with E-state index in [0.717, 1.165) is 35.2 Å². The molecule has 0 spiro atoms. The molecule has 2 aromatic heterocycles. The average molecular weight is 1760 g/mol. The van der Waals surface area contributed by atoms with Crippen molar-refractivity contribution in [3.05, 3.63) is 279 Å². The molecule has 3 nitrogen and oxygen atoms in total. The fourth-order valence-electron chi connectivity index (χ4n) is 27.6. The summed E-state index contributed by atoms with van der Waals surface area (Å²) in [7, 11) is 0. The molecule has 0 saturated carbocycles. The molecule has 0 radical (unpaired) electrons. The smallest absolute Gasteiger partial charge is 0.144 e. The zero-order valence-corrected chi connectivity index (χ0v) is 83.3. The van der Waals surface area contributed by atoms with Gasteiger partial charge in [-0.1, -0.05) is 435 Å². The Morgan fingerprint density at radius 1 is 0.218 bits per heavy atom. The summed E-state index contributed by atoms with van der Waals surface area (Å²) in [5.74, 6) is 0. The van der Waals surface area contributed by atoms with Crippen LogP contribution in [0.25, 0.3) is 122 Å². The van der Waals surface area contributed by atoms with Gasteiger partial charge in [-0.2, -0.15) is 0 Å². The van der Waals surface area contributed by atoms with Gasteiger partial charge in [0, 0.05) is 76.7 Å². The summed E-state index contributed by atoms with van der Waals surface area (Å²) in [6.45, 7) is 29.4. The zero-order chi connectivity index (χ0) is 91.4. The summed E-state index contributed by atoms with van der Waals surface area (Å²) >= 11 is 0. The van der Waals surface area contributed by atoms with Gasteiger partial charge in [0.1, 0.15) is 22.3 Å². The number of furan rings is 2. The molecule has 6 aliphatic carbocycles. The highest BCUT2D eigenvalue weighted by atomic mass is 16.3. The molecule has 0 N–H and O–H groups in total. The van der Waals surface area contributed by atoms with E-state index in [4.69, 9.17) is 8.83 Å². The second-order valence-electron chi connectivity index (χ2n) is 43.9. The SMILES string of the molecule is CCCCCCCCC1(CCCCCCCC)c2cc(N(c3ccc4c(c3)C(C)(C)c3cc(-c5ccc6c(c5)C(CCCCCCC)(CCCCCCC)c5ccccc5-6)ccc3-4)c3ccc4c(c3)C(C)(C)c3c5c(c6c(oc7ccccc76)c3-4)-c3ccccc3C5(C)C)ccc2-c2cc3c(cc21)-c1c(ccc2oc4ccccc4c12)C3(CCCCCCCC)CCCCCCCC. The van der Waals surface area contributed by atoms with Crippen LogP contribution in [0.15, 0.2) is 221 Å². The summed E-state index contributed by atoms with van der Waals surface area (Å²) < 4.78 is 14.5. The number of rotatable bonds is 44. The van der Waals surface area contributed by atoms with Gasteiger partial charge in [-0.05, 0) is 256 Å². The van der Waals surface area contributed by atoms with E-state index in [1.165, 1.54) is 394 Å². The van der Waals surface area contributed by atoms with Gasteiger partial charge in [-0.15, -0.1) is 0 Å². The number of unbranched alkanes of at least 4 members (excludes halogenated alkanes) is 28. The Kier molecular flexibility index (Phi) is 25.9. The fraction of sp³-hybridized carbons (Fsp3) is 0.446. The van der Waals surface area contributed by atoms with E-state index in [2.05, 4.69) is 300 Å². The van der Waals surface area contributed by atoms with Crippen molar-refractivity contribution >= 4 is 60.9 Å². The quantitative estimate of drug-likeness (QED) is 0.0357. The van der Waals surface area contributed by atoms with Gasteiger partial charge < -0.3 is 13.7 Å². The highest BCUT2D eigenvalue weighted by molar-refractivity contribution is 6.21. The molecule has 0 fully saturated rings. The van der Waals surface area contributed by atoms with Crippen LogP contribution >= 0.6 is 0 Å². The number of benzene rings is 12. The summed E-state index contributed by atoms with van der Waals surface area (Å²) in [6.07, 6.45) is 50.7. The van der Waals surface area contributed by atoms with Crippen molar-refractivity contribution < 1.29 is 8.83 Å². The van der Waals surface area contributed by atoms with Crippen molar-refractivity contribution in [1.29, 1.82) is 0 Å². The second kappa shape index (κ2) is 38.0. The van der Waals surface area contributed by atoms with E-state index >= 15 is 0 Å². The van der Waals surface area contributed by atoms with Crippen LogP contribution in [0.1, 0.15) is 407 Å². The van der Waals surface area contributed by atoms with Crippen molar-refractivity contribution in [3.8, 4) is 77.9 Å². The van der Waals surface area contributed by atoms with Crippen molar-refractivity contribution in [2.75, 3.05) is 4.90 Å². The molecule has 0 unspecified atom stereocenters. The van der Waals surface area contributed by atoms with Gasteiger partial charge >= 0.3 is 0 Å². The minimum absolute atomic E-state index is 0.00768. The van der Waals surface area contributed by atoms with E-state index in [0.29, 0.717) is 0 Å². The summed E-state index contributed by atoms with van der Waals surface area (Å²) in [6, 6.07) is 86.3. The highest BCUT2D eigenvalue weighted by Crippen LogP contribution is 2.68. The highest BCUT2D eigenvalue weighted by Gasteiger charge is 2.53. The van der Waals surface area contributed by atoms with Crippen LogP contribution in [-0.4, -0.2) is 0 Å². The Morgan fingerprint density at radius 3 is 1.09 bits per heavy atom. The molecule has 0 bridgehead atoms. The first-order valence-electron chi connectivity index (χ1n) is 53.9. The van der Waals surface area contributed by atoms with Gasteiger partial charge in [0.15, 0.2) is 0 Å². The van der Waals surface area contributed by atoms with E-state index in [1.54, 1.807) is 33.4 Å². The first-order chi connectivity index (χ1) is 65.0. The van der Waals surface area contributed by atoms with E-state index < -0.39 is 5.41 Å². The number of hydrogen-bond donors (Lipinski definition) is 0. The van der Waals surface area contributed by atoms with E-state index in [1.807, 2.05) is 0 Å². The van der Waals surface area contributed by atoms with Gasteiger partial charge in [0.25, 0.3) is 0 Å². The molecule has 6 aliphatic rings. The molecule has 0 aliphatic heterocycles. The van der Waals surface area contributed by atoms with Crippen LogP contribution in [-0.2, 0) is 32.5 Å². The maximum Gasteiger partial charge on any atom is 0.144 e. The van der Waals surface area contributed by atoms with E-state index in [-0.39, 0.29) is 27.1 Å². The number of para-hydroxylation sites is 2. The second-order valence-corrected chi connectivity index (χ2v) is 43.9. The zero-order valence-electron chi connectivity index (χ0n) is 83.3. The summed E-state index contributed by atoms with van der Waals surface area (Å²) in [5.41, 5.74) is 43.6. The fourth-order valence-corrected chi connectivity index (χ4v) is 27.6. The van der Waals surface area contributed by atoms with Crippen LogP contribution in [0.5, 0.6) is 0 Å². The summed E-state index contributed by atoms with van der Waals surface area (Å²) in [5, 5.41) is 5.03. The molecule has 2 heterocycles. The third-order valence-corrected chi connectivity index (χ3v) is 34.5. The number of hydrogen-bond acceptors (Lipinski definition) is 3. The topological polar surface area (TPSA) is 29.5 Å². The molecular formula is C130H151NO2. The minimum atomic E-state index is -0.412. The molecular weight excluding hydrogens is 1610 g/mol. The summed E-state index contributed by atoms with van der Waals surface area (Å²) in [4.78, 5) is 2.75. The predicted molar refractivity (Wildman–Crippen MR) is 571 cm³/mol. The van der Waals surface area contributed by atoms with Crippen LogP contribution in [0.4, 0.5) is 17.1 Å². The minimum Gasteiger partial charge on any atom is -0.456 e. The normalized spacial score (nSPS) is 15.6. The lowest BCUT2D eigenvalue weighted by Gasteiger charge is -2.35. The lowest BCUT2D eigenvalue weighted by molar-refractivity contribution is 0.394. The maximum atomic E-state index is 7.41. The molecule has 20 rings (SSSR count). The monoisotopic (exact) mass is 1760 g/mol. The van der Waals surface area contributed by atoms with Crippen LogP contribution in [0, 0.1) is 0 Å². The van der Waals surface area contributed by atoms with Gasteiger partial charge in [0.2, 0.25) is 0 Å². The van der Waals surface area contributed by atoms with Gasteiger partial charge in [0.05, 0.1) is 0 Å². The molecule has 0 saturated heterocycles. The molecule has 14 aromatic rings. The molecule has 12 aromatic carbocycles. The van der Waals surface area contributed by atoms with Crippen LogP contribution in [0.2, 0.25) is 0 Å². The Bertz CT molecular complexity index is 6580. The third kappa shape index (κ3) is 15.6. The standard InChI is InChI=1S/C130H151NO2/c1-13-19-25-31-37-51-77-129(78-52-38-32-26-20-14-2)106-73-74-116-118(100-57-43-47-61-114(100)132-116)117(106)103-87-112-102(86-113(103)129)97-71-66-92(85-111(97)130(112,79-53-39-33-27-21-15-3)80-54-40-34-28-22-16-4)131(91-67-72-99-109(84-91)127(11,12)123-121(99)124-120(101-58-44-48-62-115(101)133-124)119-98-56-42-45-59-104(98)126(9,10)122(119)123)90-65-70-95-94-68-63-88(81-107(94)125(7,8)108(95)83-90)89-64-69-96-93-55-41-46-60-105(93)128(110(96)82-89,75-49-35-29-23-17-5)76-50-36-30-24-18-6/h41-48,55-74,81-87H,13-40,49-54,75-80H2,1-12H3. The first kappa shape index (κ1) is 90.8. The number of fused-ring (bicyclic) bond motifs is 28. The Morgan fingerprint density at radius 2 is 0.556 bits per heavy atom. The van der Waals surface area contributed by atoms with Crippen LogP contribution in [0.3, 0.4) is 0 Å². The number of anilines is 3. The Hall–Kier alpha value is -9.96. The third-order valence-electron chi connectivity index (χ3n) is 34.5. The van der Waals surface area contributed by atoms with Crippen molar-refractivity contribution in [1.82, 2.24) is 0 Å². The van der Waals surface area contributed by atoms with Crippen LogP contribution < -0.4 is 4.90 Å². The van der Waals surface area contributed by atoms with E-state index in [9.17, 15) is 0 Å². The lowest BCUT2D eigenvalue weighted by Crippen LogP contribution is -2.27. The number of nitrogens with zero attached hydrogens (tertiary/aromatic N) is 1. The molecule has 688 valence electrons. The Balaban J connectivity index is 0.775. The van der Waals surface area contributed by atoms with Crippen molar-refractivity contribution in [3.63, 3.8) is 0 Å². The largest absolute Gasteiger partial charge is 0.456 e. The molecule has 133 heavy (non-hydrogen) atoms.